The third-order valence-corrected chi connectivity index (χ3v) is 1.68. The highest BCUT2D eigenvalue weighted by Gasteiger charge is 2.17. The second-order valence-electron chi connectivity index (χ2n) is 2.49. The normalized spacial score (nSPS) is 36.7. The predicted molar refractivity (Wildman–Crippen MR) is 33.0 cm³/mol. The van der Waals surface area contributed by atoms with Gasteiger partial charge >= 0.3 is 0 Å². The number of hydrogen-bond donors (Lipinski definition) is 2. The van der Waals surface area contributed by atoms with Gasteiger partial charge in [0, 0.05) is 12.6 Å². The van der Waals surface area contributed by atoms with Crippen molar-refractivity contribution in [1.29, 1.82) is 0 Å². The van der Waals surface area contributed by atoms with Crippen LogP contribution in [0.5, 0.6) is 0 Å². The molecule has 0 bridgehead atoms. The molecule has 2 nitrogen and oxygen atoms in total. The molecule has 0 saturated carbocycles. The van der Waals surface area contributed by atoms with Gasteiger partial charge in [0.15, 0.2) is 0 Å². The van der Waals surface area contributed by atoms with E-state index >= 15 is 0 Å². The van der Waals surface area contributed by atoms with Gasteiger partial charge < -0.3 is 10.4 Å². The standard InChI is InChI=1S/C6H12FNO/c7-3-5-1-2-6(9)4-8-5/h5-6,8-9H,1-4H2/t5-,6-/m0/s1. The lowest BCUT2D eigenvalue weighted by atomic mass is 10.0. The second kappa shape index (κ2) is 3.13. The van der Waals surface area contributed by atoms with E-state index in [0.29, 0.717) is 6.54 Å². The monoisotopic (exact) mass is 133 g/mol. The summed E-state index contributed by atoms with van der Waals surface area (Å²) in [4.78, 5) is 0. The third-order valence-electron chi connectivity index (χ3n) is 1.68. The van der Waals surface area contributed by atoms with Gasteiger partial charge in [-0.1, -0.05) is 0 Å². The number of rotatable bonds is 1. The first-order valence-corrected chi connectivity index (χ1v) is 3.30. The first-order valence-electron chi connectivity index (χ1n) is 3.30. The number of halogens is 1. The molecule has 0 aliphatic carbocycles. The highest BCUT2D eigenvalue weighted by atomic mass is 19.1. The molecule has 0 aromatic rings. The van der Waals surface area contributed by atoms with Crippen molar-refractivity contribution in [2.45, 2.75) is 25.0 Å². The Labute approximate surface area is 54.1 Å². The number of nitrogens with one attached hydrogen (secondary N) is 1. The number of alkyl halides is 1. The Morgan fingerprint density at radius 1 is 1.56 bits per heavy atom. The molecule has 1 heterocycles. The zero-order chi connectivity index (χ0) is 6.69. The van der Waals surface area contributed by atoms with Crippen molar-refractivity contribution in [1.82, 2.24) is 5.32 Å². The first-order chi connectivity index (χ1) is 4.33. The van der Waals surface area contributed by atoms with E-state index in [4.69, 9.17) is 5.11 Å². The summed E-state index contributed by atoms with van der Waals surface area (Å²) in [5, 5.41) is 11.8. The molecule has 0 aromatic heterocycles. The Kier molecular flexibility index (Phi) is 2.42. The van der Waals surface area contributed by atoms with Crippen LogP contribution in [0.4, 0.5) is 4.39 Å². The maximum absolute atomic E-state index is 11.9. The van der Waals surface area contributed by atoms with Crippen LogP contribution in [0.15, 0.2) is 0 Å². The van der Waals surface area contributed by atoms with Crippen LogP contribution in [0.25, 0.3) is 0 Å². The van der Waals surface area contributed by atoms with Gasteiger partial charge in [0.2, 0.25) is 0 Å². The topological polar surface area (TPSA) is 32.3 Å². The molecular formula is C6H12FNO. The van der Waals surface area contributed by atoms with Crippen LogP contribution in [-0.4, -0.2) is 30.5 Å². The van der Waals surface area contributed by atoms with Gasteiger partial charge in [0.25, 0.3) is 0 Å². The quantitative estimate of drug-likeness (QED) is 0.530. The van der Waals surface area contributed by atoms with E-state index in [-0.39, 0.29) is 18.8 Å². The van der Waals surface area contributed by atoms with Gasteiger partial charge in [-0.05, 0) is 12.8 Å². The van der Waals surface area contributed by atoms with Gasteiger partial charge in [-0.15, -0.1) is 0 Å². The minimum Gasteiger partial charge on any atom is -0.392 e. The third kappa shape index (κ3) is 1.91. The van der Waals surface area contributed by atoms with Crippen molar-refractivity contribution in [3.05, 3.63) is 0 Å². The van der Waals surface area contributed by atoms with Gasteiger partial charge in [-0.3, -0.25) is 0 Å². The molecule has 1 rings (SSSR count). The van der Waals surface area contributed by atoms with E-state index in [1.54, 1.807) is 0 Å². The number of β-amino-alcohol motifs (C(OH)–C–C–N with tert-alkyl or cyclic N) is 1. The van der Waals surface area contributed by atoms with E-state index in [1.807, 2.05) is 0 Å². The van der Waals surface area contributed by atoms with Crippen molar-refractivity contribution in [3.63, 3.8) is 0 Å². The van der Waals surface area contributed by atoms with Crippen LogP contribution >= 0.6 is 0 Å². The molecular weight excluding hydrogens is 121 g/mol. The van der Waals surface area contributed by atoms with Gasteiger partial charge in [0.1, 0.15) is 6.67 Å². The first kappa shape index (κ1) is 6.96. The van der Waals surface area contributed by atoms with Crippen molar-refractivity contribution in [3.8, 4) is 0 Å². The Morgan fingerprint density at radius 3 is 2.78 bits per heavy atom. The van der Waals surface area contributed by atoms with Gasteiger partial charge in [0.05, 0.1) is 6.10 Å². The maximum atomic E-state index is 11.9. The summed E-state index contributed by atoms with van der Waals surface area (Å²) in [6, 6.07) is -0.00611. The van der Waals surface area contributed by atoms with Gasteiger partial charge in [-0.2, -0.15) is 0 Å². The van der Waals surface area contributed by atoms with Crippen molar-refractivity contribution < 1.29 is 9.50 Å². The van der Waals surface area contributed by atoms with E-state index < -0.39 is 0 Å². The fourth-order valence-corrected chi connectivity index (χ4v) is 1.03. The summed E-state index contributed by atoms with van der Waals surface area (Å²) < 4.78 is 11.9. The fourth-order valence-electron chi connectivity index (χ4n) is 1.03. The minimum atomic E-state index is -0.313. The fraction of sp³-hybridized carbons (Fsp3) is 1.00. The second-order valence-corrected chi connectivity index (χ2v) is 2.49. The molecule has 0 radical (unpaired) electrons. The molecule has 2 atom stereocenters. The Bertz CT molecular complexity index is 81.1. The lowest BCUT2D eigenvalue weighted by Gasteiger charge is -2.24. The minimum absolute atomic E-state index is 0.00611. The highest BCUT2D eigenvalue weighted by molar-refractivity contribution is 4.76. The van der Waals surface area contributed by atoms with Gasteiger partial charge in [-0.25, -0.2) is 4.39 Å². The Balaban J connectivity index is 2.18. The smallest absolute Gasteiger partial charge is 0.105 e. The zero-order valence-corrected chi connectivity index (χ0v) is 5.31. The molecule has 3 heteroatoms. The molecule has 1 saturated heterocycles. The van der Waals surface area contributed by atoms with Crippen LogP contribution in [0.2, 0.25) is 0 Å². The van der Waals surface area contributed by atoms with Crippen LogP contribution < -0.4 is 5.32 Å². The molecule has 1 aliphatic heterocycles. The van der Waals surface area contributed by atoms with Crippen molar-refractivity contribution >= 4 is 0 Å². The molecule has 0 aromatic carbocycles. The molecule has 1 fully saturated rings. The van der Waals surface area contributed by atoms with E-state index in [9.17, 15) is 4.39 Å². The molecule has 9 heavy (non-hydrogen) atoms. The summed E-state index contributed by atoms with van der Waals surface area (Å²) in [5.41, 5.74) is 0. The lowest BCUT2D eigenvalue weighted by molar-refractivity contribution is 0.120. The number of aliphatic hydroxyl groups excluding tert-OH is 1. The van der Waals surface area contributed by atoms with Crippen LogP contribution in [0.1, 0.15) is 12.8 Å². The van der Waals surface area contributed by atoms with Crippen LogP contribution in [-0.2, 0) is 0 Å². The molecule has 0 unspecified atom stereocenters. The van der Waals surface area contributed by atoms with Crippen LogP contribution in [0.3, 0.4) is 0 Å². The van der Waals surface area contributed by atoms with E-state index in [0.717, 1.165) is 12.8 Å². The molecule has 1 aliphatic rings. The number of piperidine rings is 1. The van der Waals surface area contributed by atoms with E-state index in [1.165, 1.54) is 0 Å². The predicted octanol–water partition coefficient (Wildman–Crippen LogP) is 0.0688. The summed E-state index contributed by atoms with van der Waals surface area (Å²) in [5.74, 6) is 0. The average Bonchev–Trinajstić information content (AvgIpc) is 1.90. The summed E-state index contributed by atoms with van der Waals surface area (Å²) in [6.45, 7) is 0.237. The summed E-state index contributed by atoms with van der Waals surface area (Å²) >= 11 is 0. The lowest BCUT2D eigenvalue weighted by Crippen LogP contribution is -2.42. The largest absolute Gasteiger partial charge is 0.392 e. The zero-order valence-electron chi connectivity index (χ0n) is 5.31. The number of aliphatic hydroxyl groups is 1. The SMILES string of the molecule is O[C@H]1CC[C@@H](CF)NC1. The molecule has 54 valence electrons. The maximum Gasteiger partial charge on any atom is 0.105 e. The van der Waals surface area contributed by atoms with Crippen molar-refractivity contribution in [2.24, 2.45) is 0 Å². The van der Waals surface area contributed by atoms with Crippen LogP contribution in [0, 0.1) is 0 Å². The number of hydrogen-bond acceptors (Lipinski definition) is 2. The Hall–Kier alpha value is -0.150. The Morgan fingerprint density at radius 2 is 2.33 bits per heavy atom. The molecule has 0 amide bonds. The molecule has 0 spiro atoms. The van der Waals surface area contributed by atoms with Crippen molar-refractivity contribution in [2.75, 3.05) is 13.2 Å². The van der Waals surface area contributed by atoms with E-state index in [2.05, 4.69) is 5.32 Å². The highest BCUT2D eigenvalue weighted by Crippen LogP contribution is 2.07. The molecule has 2 N–H and O–H groups in total. The summed E-state index contributed by atoms with van der Waals surface area (Å²) in [7, 11) is 0. The summed E-state index contributed by atoms with van der Waals surface area (Å²) in [6.07, 6.45) is 1.24. The average molecular weight is 133 g/mol.